The van der Waals surface area contributed by atoms with E-state index in [0.717, 1.165) is 11.1 Å². The molecule has 0 saturated heterocycles. The third-order valence-electron chi connectivity index (χ3n) is 4.85. The smallest absolute Gasteiger partial charge is 0.326 e. The monoisotopic (exact) mass is 412 g/mol. The zero-order chi connectivity index (χ0) is 22.1. The summed E-state index contributed by atoms with van der Waals surface area (Å²) in [7, 11) is 3.66. The lowest BCUT2D eigenvalue weighted by Crippen LogP contribution is -2.51. The molecule has 0 fully saturated rings. The van der Waals surface area contributed by atoms with Crippen molar-refractivity contribution in [2.45, 2.75) is 45.4 Å². The largest absolute Gasteiger partial charge is 0.489 e. The van der Waals surface area contributed by atoms with E-state index in [4.69, 9.17) is 4.74 Å². The molecule has 0 heterocycles. The predicted octanol–water partition coefficient (Wildman–Crippen LogP) is 3.35. The Kier molecular flexibility index (Phi) is 8.87. The molecule has 162 valence electrons. The van der Waals surface area contributed by atoms with Crippen LogP contribution in [-0.4, -0.2) is 48.1 Å². The standard InChI is InChI=1S/C24H32N2O4/c1-17(2)14-22(26(3)4)23(27)25-21(24(28)29)15-18-10-12-20(13-11-18)30-16-19-8-6-5-7-9-19/h5-13,17,21-22H,14-16H2,1-4H3,(H,25,27)(H,28,29). The van der Waals surface area contributed by atoms with Gasteiger partial charge >= 0.3 is 5.97 Å². The fourth-order valence-electron chi connectivity index (χ4n) is 3.17. The molecule has 2 aromatic rings. The topological polar surface area (TPSA) is 78.9 Å². The van der Waals surface area contributed by atoms with Gasteiger partial charge in [-0.05, 0) is 49.7 Å². The number of rotatable bonds is 11. The van der Waals surface area contributed by atoms with Crippen LogP contribution in [0.5, 0.6) is 5.75 Å². The average Bonchev–Trinajstić information content (AvgIpc) is 2.71. The van der Waals surface area contributed by atoms with Gasteiger partial charge in [-0.2, -0.15) is 0 Å². The summed E-state index contributed by atoms with van der Waals surface area (Å²) in [5.74, 6) is -0.267. The molecule has 6 nitrogen and oxygen atoms in total. The first-order chi connectivity index (χ1) is 14.3. The van der Waals surface area contributed by atoms with Crippen LogP contribution in [0.4, 0.5) is 0 Å². The number of benzene rings is 2. The minimum absolute atomic E-state index is 0.210. The maximum Gasteiger partial charge on any atom is 0.326 e. The zero-order valence-electron chi connectivity index (χ0n) is 18.2. The van der Waals surface area contributed by atoms with Crippen molar-refractivity contribution in [2.24, 2.45) is 5.92 Å². The number of nitrogens with zero attached hydrogens (tertiary/aromatic N) is 1. The van der Waals surface area contributed by atoms with Crippen LogP contribution in [0.2, 0.25) is 0 Å². The molecule has 0 aliphatic rings. The van der Waals surface area contributed by atoms with Gasteiger partial charge in [0.15, 0.2) is 0 Å². The molecule has 30 heavy (non-hydrogen) atoms. The fraction of sp³-hybridized carbons (Fsp3) is 0.417. The van der Waals surface area contributed by atoms with Crippen molar-refractivity contribution in [2.75, 3.05) is 14.1 Å². The Morgan fingerprint density at radius 1 is 1.00 bits per heavy atom. The highest BCUT2D eigenvalue weighted by atomic mass is 16.5. The van der Waals surface area contributed by atoms with E-state index in [1.165, 1.54) is 0 Å². The number of carbonyl (C=O) groups is 2. The molecule has 2 N–H and O–H groups in total. The van der Waals surface area contributed by atoms with Gasteiger partial charge in [-0.3, -0.25) is 9.69 Å². The quantitative estimate of drug-likeness (QED) is 0.592. The van der Waals surface area contributed by atoms with E-state index in [0.29, 0.717) is 24.7 Å². The first kappa shape index (κ1) is 23.4. The average molecular weight is 413 g/mol. The summed E-state index contributed by atoms with van der Waals surface area (Å²) in [5.41, 5.74) is 1.90. The predicted molar refractivity (Wildman–Crippen MR) is 117 cm³/mol. The lowest BCUT2D eigenvalue weighted by Gasteiger charge is -2.26. The molecule has 0 bridgehead atoms. The zero-order valence-corrected chi connectivity index (χ0v) is 18.2. The number of carboxylic acid groups (broad SMARTS) is 1. The summed E-state index contributed by atoms with van der Waals surface area (Å²) in [6, 6.07) is 15.8. The molecule has 2 aromatic carbocycles. The Hall–Kier alpha value is -2.86. The number of amides is 1. The van der Waals surface area contributed by atoms with Gasteiger partial charge in [-0.25, -0.2) is 4.79 Å². The summed E-state index contributed by atoms with van der Waals surface area (Å²) >= 11 is 0. The van der Waals surface area contributed by atoms with Crippen LogP contribution < -0.4 is 10.1 Å². The second-order valence-electron chi connectivity index (χ2n) is 8.13. The maximum absolute atomic E-state index is 12.7. The Bertz CT molecular complexity index is 804. The highest BCUT2D eigenvalue weighted by Crippen LogP contribution is 2.16. The molecule has 0 saturated carbocycles. The number of carboxylic acids is 1. The number of aliphatic carboxylic acids is 1. The van der Waals surface area contributed by atoms with E-state index in [2.05, 4.69) is 5.32 Å². The van der Waals surface area contributed by atoms with Gasteiger partial charge in [-0.1, -0.05) is 56.3 Å². The Morgan fingerprint density at radius 2 is 1.63 bits per heavy atom. The van der Waals surface area contributed by atoms with Crippen LogP contribution in [0.15, 0.2) is 54.6 Å². The molecule has 6 heteroatoms. The van der Waals surface area contributed by atoms with Gasteiger partial charge in [-0.15, -0.1) is 0 Å². The lowest BCUT2D eigenvalue weighted by atomic mass is 10.0. The van der Waals surface area contributed by atoms with E-state index in [1.807, 2.05) is 87.4 Å². The number of hydrogen-bond donors (Lipinski definition) is 2. The molecular weight excluding hydrogens is 380 g/mol. The van der Waals surface area contributed by atoms with Gasteiger partial charge in [0.2, 0.25) is 5.91 Å². The molecule has 0 aliphatic carbocycles. The molecule has 0 spiro atoms. The number of ether oxygens (including phenoxy) is 1. The number of carbonyl (C=O) groups excluding carboxylic acids is 1. The van der Waals surface area contributed by atoms with Crippen LogP contribution >= 0.6 is 0 Å². The lowest BCUT2D eigenvalue weighted by molar-refractivity contribution is -0.142. The first-order valence-electron chi connectivity index (χ1n) is 10.2. The van der Waals surface area contributed by atoms with Crippen LogP contribution in [0, 0.1) is 5.92 Å². The number of likely N-dealkylation sites (N-methyl/N-ethyl adjacent to an activating group) is 1. The second kappa shape index (κ2) is 11.4. The summed E-state index contributed by atoms with van der Waals surface area (Å²) in [6.45, 7) is 4.55. The van der Waals surface area contributed by atoms with Crippen molar-refractivity contribution < 1.29 is 19.4 Å². The van der Waals surface area contributed by atoms with E-state index >= 15 is 0 Å². The van der Waals surface area contributed by atoms with Crippen LogP contribution in [0.3, 0.4) is 0 Å². The minimum Gasteiger partial charge on any atom is -0.489 e. The van der Waals surface area contributed by atoms with Crippen LogP contribution in [-0.2, 0) is 22.6 Å². The van der Waals surface area contributed by atoms with Crippen molar-refractivity contribution in [1.82, 2.24) is 10.2 Å². The van der Waals surface area contributed by atoms with Crippen molar-refractivity contribution in [1.29, 1.82) is 0 Å². The SMILES string of the molecule is CC(C)CC(C(=O)NC(Cc1ccc(OCc2ccccc2)cc1)C(=O)O)N(C)C. The Morgan fingerprint density at radius 3 is 2.17 bits per heavy atom. The highest BCUT2D eigenvalue weighted by molar-refractivity contribution is 5.87. The van der Waals surface area contributed by atoms with Crippen molar-refractivity contribution in [3.8, 4) is 5.75 Å². The second-order valence-corrected chi connectivity index (χ2v) is 8.13. The minimum atomic E-state index is -1.05. The molecule has 2 unspecified atom stereocenters. The third kappa shape index (κ3) is 7.52. The summed E-state index contributed by atoms with van der Waals surface area (Å²) in [6.07, 6.45) is 0.875. The summed E-state index contributed by atoms with van der Waals surface area (Å²) in [5, 5.41) is 12.3. The van der Waals surface area contributed by atoms with Crippen LogP contribution in [0.1, 0.15) is 31.4 Å². The third-order valence-corrected chi connectivity index (χ3v) is 4.85. The maximum atomic E-state index is 12.7. The Balaban J connectivity index is 1.97. The molecule has 0 aliphatic heterocycles. The molecule has 2 atom stereocenters. The van der Waals surface area contributed by atoms with Gasteiger partial charge in [0.1, 0.15) is 18.4 Å². The van der Waals surface area contributed by atoms with Gasteiger partial charge < -0.3 is 15.2 Å². The normalized spacial score (nSPS) is 13.1. The van der Waals surface area contributed by atoms with E-state index in [1.54, 1.807) is 0 Å². The first-order valence-corrected chi connectivity index (χ1v) is 10.2. The summed E-state index contributed by atoms with van der Waals surface area (Å²) in [4.78, 5) is 26.2. The van der Waals surface area contributed by atoms with Crippen molar-refractivity contribution in [3.05, 3.63) is 65.7 Å². The molecule has 0 radical (unpaired) electrons. The number of nitrogens with one attached hydrogen (secondary N) is 1. The van der Waals surface area contributed by atoms with Crippen molar-refractivity contribution >= 4 is 11.9 Å². The number of hydrogen-bond acceptors (Lipinski definition) is 4. The Labute approximate surface area is 178 Å². The van der Waals surface area contributed by atoms with Gasteiger partial charge in [0.05, 0.1) is 6.04 Å². The molecule has 0 aromatic heterocycles. The van der Waals surface area contributed by atoms with E-state index in [-0.39, 0.29) is 18.4 Å². The highest BCUT2D eigenvalue weighted by Gasteiger charge is 2.27. The van der Waals surface area contributed by atoms with Gasteiger partial charge in [0, 0.05) is 6.42 Å². The molecule has 1 amide bonds. The van der Waals surface area contributed by atoms with Gasteiger partial charge in [0.25, 0.3) is 0 Å². The van der Waals surface area contributed by atoms with Crippen molar-refractivity contribution in [3.63, 3.8) is 0 Å². The summed E-state index contributed by atoms with van der Waals surface area (Å²) < 4.78 is 5.77. The fourth-order valence-corrected chi connectivity index (χ4v) is 3.17. The molecule has 2 rings (SSSR count). The van der Waals surface area contributed by atoms with E-state index in [9.17, 15) is 14.7 Å². The molecular formula is C24H32N2O4. The van der Waals surface area contributed by atoms with E-state index < -0.39 is 12.0 Å². The van der Waals surface area contributed by atoms with Crippen LogP contribution in [0.25, 0.3) is 0 Å².